The molecule has 0 radical (unpaired) electrons. The molecular weight excluding hydrogens is 276 g/mol. The van der Waals surface area contributed by atoms with E-state index in [4.69, 9.17) is 10.8 Å². The van der Waals surface area contributed by atoms with E-state index in [9.17, 15) is 4.79 Å². The first-order chi connectivity index (χ1) is 9.60. The minimum absolute atomic E-state index is 0.180. The number of rotatable bonds is 4. The molecule has 0 saturated carbocycles. The number of thiazole rings is 1. The Morgan fingerprint density at radius 2 is 2.20 bits per heavy atom. The van der Waals surface area contributed by atoms with Crippen LogP contribution in [0.1, 0.15) is 27.9 Å². The van der Waals surface area contributed by atoms with E-state index in [1.165, 1.54) is 6.21 Å². The van der Waals surface area contributed by atoms with Gasteiger partial charge in [0.2, 0.25) is 0 Å². The number of hydrogen-bond acceptors (Lipinski definition) is 6. The number of amides is 1. The Hall–Kier alpha value is -2.41. The molecule has 6 nitrogen and oxygen atoms in total. The normalized spacial score (nSPS) is 10.8. The highest BCUT2D eigenvalue weighted by atomic mass is 32.1. The van der Waals surface area contributed by atoms with Gasteiger partial charge in [-0.1, -0.05) is 18.3 Å². The van der Waals surface area contributed by atoms with Gasteiger partial charge in [-0.25, -0.2) is 10.4 Å². The number of aromatic nitrogens is 1. The summed E-state index contributed by atoms with van der Waals surface area (Å²) in [6.45, 7) is 1.91. The molecule has 0 atom stereocenters. The smallest absolute Gasteiger partial charge is 0.283 e. The number of nitrogens with zero attached hydrogens (tertiary/aromatic N) is 2. The number of aryl methyl sites for hydroxylation is 1. The van der Waals surface area contributed by atoms with E-state index in [2.05, 4.69) is 15.5 Å². The number of carbonyl (C=O) groups is 1. The number of benzene rings is 1. The van der Waals surface area contributed by atoms with Crippen molar-refractivity contribution in [2.45, 2.75) is 13.3 Å². The van der Waals surface area contributed by atoms with Crippen LogP contribution in [0.15, 0.2) is 29.4 Å². The van der Waals surface area contributed by atoms with Crippen molar-refractivity contribution < 1.29 is 9.90 Å². The fraction of sp³-hybridized carbons (Fsp3) is 0.154. The molecule has 0 aliphatic heterocycles. The van der Waals surface area contributed by atoms with E-state index < -0.39 is 0 Å². The van der Waals surface area contributed by atoms with Gasteiger partial charge in [-0.05, 0) is 36.2 Å². The first-order valence-electron chi connectivity index (χ1n) is 5.97. The molecule has 0 saturated heterocycles. The second kappa shape index (κ2) is 6.16. The Balaban J connectivity index is 2.03. The maximum atomic E-state index is 11.9. The summed E-state index contributed by atoms with van der Waals surface area (Å²) >= 11 is 1.14. The van der Waals surface area contributed by atoms with Crippen LogP contribution in [-0.2, 0) is 6.42 Å². The molecule has 0 spiro atoms. The summed E-state index contributed by atoms with van der Waals surface area (Å²) in [4.78, 5) is 16.5. The van der Waals surface area contributed by atoms with Crippen molar-refractivity contribution >= 4 is 28.6 Å². The van der Waals surface area contributed by atoms with Crippen LogP contribution in [-0.4, -0.2) is 22.2 Å². The first kappa shape index (κ1) is 14.0. The van der Waals surface area contributed by atoms with Crippen LogP contribution in [0, 0.1) is 0 Å². The quantitative estimate of drug-likeness (QED) is 0.590. The van der Waals surface area contributed by atoms with Crippen molar-refractivity contribution in [1.82, 2.24) is 10.4 Å². The Bertz CT molecular complexity index is 634. The SMILES string of the molecule is CCc1nc(N)sc1C(=O)N/N=C/c1ccc(O)cc1. The monoisotopic (exact) mass is 290 g/mol. The highest BCUT2D eigenvalue weighted by Crippen LogP contribution is 2.20. The standard InChI is InChI=1S/C13H14N4O2S/c1-2-10-11(20-13(14)16-10)12(19)17-15-7-8-3-5-9(18)6-4-8/h3-7,18H,2H2,1H3,(H2,14,16)(H,17,19)/b15-7+. The lowest BCUT2D eigenvalue weighted by molar-refractivity contribution is 0.0958. The van der Waals surface area contributed by atoms with E-state index >= 15 is 0 Å². The highest BCUT2D eigenvalue weighted by molar-refractivity contribution is 7.17. The average molecular weight is 290 g/mol. The molecule has 2 rings (SSSR count). The van der Waals surface area contributed by atoms with Gasteiger partial charge in [-0.3, -0.25) is 4.79 Å². The van der Waals surface area contributed by atoms with Crippen molar-refractivity contribution in [2.75, 3.05) is 5.73 Å². The van der Waals surface area contributed by atoms with Gasteiger partial charge in [0.15, 0.2) is 5.13 Å². The van der Waals surface area contributed by atoms with Crippen LogP contribution in [0.25, 0.3) is 0 Å². The lowest BCUT2D eigenvalue weighted by Gasteiger charge is -1.98. The molecule has 0 aliphatic rings. The average Bonchev–Trinajstić information content (AvgIpc) is 2.82. The molecule has 1 amide bonds. The summed E-state index contributed by atoms with van der Waals surface area (Å²) in [5.74, 6) is -0.148. The van der Waals surface area contributed by atoms with E-state index in [-0.39, 0.29) is 11.7 Å². The maximum absolute atomic E-state index is 11.9. The number of phenols is 1. The molecule has 0 unspecified atom stereocenters. The molecule has 104 valence electrons. The van der Waals surface area contributed by atoms with E-state index in [1.54, 1.807) is 24.3 Å². The van der Waals surface area contributed by atoms with Crippen molar-refractivity contribution in [1.29, 1.82) is 0 Å². The van der Waals surface area contributed by atoms with Gasteiger partial charge in [-0.15, -0.1) is 0 Å². The number of aromatic hydroxyl groups is 1. The molecule has 20 heavy (non-hydrogen) atoms. The number of nitrogen functional groups attached to an aromatic ring is 1. The Morgan fingerprint density at radius 3 is 2.85 bits per heavy atom. The Kier molecular flexibility index (Phi) is 4.31. The van der Waals surface area contributed by atoms with Crippen molar-refractivity contribution in [3.8, 4) is 5.75 Å². The lowest BCUT2D eigenvalue weighted by Crippen LogP contribution is -2.17. The van der Waals surface area contributed by atoms with Crippen LogP contribution in [0.5, 0.6) is 5.75 Å². The van der Waals surface area contributed by atoms with Gasteiger partial charge >= 0.3 is 0 Å². The lowest BCUT2D eigenvalue weighted by atomic mass is 10.2. The molecule has 0 fully saturated rings. The van der Waals surface area contributed by atoms with Gasteiger partial charge in [0.25, 0.3) is 5.91 Å². The minimum atomic E-state index is -0.328. The molecular formula is C13H14N4O2S. The zero-order chi connectivity index (χ0) is 14.5. The Labute approximate surface area is 120 Å². The van der Waals surface area contributed by atoms with Gasteiger partial charge in [-0.2, -0.15) is 5.10 Å². The third-order valence-corrected chi connectivity index (χ3v) is 3.45. The van der Waals surface area contributed by atoms with Gasteiger partial charge in [0.1, 0.15) is 10.6 Å². The number of phenolic OH excluding ortho intramolecular Hbond substituents is 1. The number of nitrogens with one attached hydrogen (secondary N) is 1. The fourth-order valence-corrected chi connectivity index (χ4v) is 2.37. The van der Waals surface area contributed by atoms with Gasteiger partial charge < -0.3 is 10.8 Å². The molecule has 2 aromatic rings. The van der Waals surface area contributed by atoms with Gasteiger partial charge in [0, 0.05) is 0 Å². The van der Waals surface area contributed by atoms with Crippen molar-refractivity contribution in [3.63, 3.8) is 0 Å². The molecule has 1 heterocycles. The number of hydrazone groups is 1. The van der Waals surface area contributed by atoms with Crippen LogP contribution < -0.4 is 11.2 Å². The molecule has 1 aromatic heterocycles. The second-order valence-electron chi connectivity index (χ2n) is 3.97. The summed E-state index contributed by atoms with van der Waals surface area (Å²) < 4.78 is 0. The van der Waals surface area contributed by atoms with Crippen LogP contribution in [0.3, 0.4) is 0 Å². The third kappa shape index (κ3) is 3.33. The van der Waals surface area contributed by atoms with Crippen LogP contribution >= 0.6 is 11.3 Å². The molecule has 4 N–H and O–H groups in total. The summed E-state index contributed by atoms with van der Waals surface area (Å²) in [5, 5.41) is 13.4. The molecule has 0 bridgehead atoms. The van der Waals surface area contributed by atoms with E-state index in [1.807, 2.05) is 6.92 Å². The number of anilines is 1. The predicted octanol–water partition coefficient (Wildman–Crippen LogP) is 1.76. The van der Waals surface area contributed by atoms with Crippen LogP contribution in [0.2, 0.25) is 0 Å². The third-order valence-electron chi connectivity index (χ3n) is 2.53. The highest BCUT2D eigenvalue weighted by Gasteiger charge is 2.15. The van der Waals surface area contributed by atoms with E-state index in [0.717, 1.165) is 16.9 Å². The van der Waals surface area contributed by atoms with Crippen molar-refractivity contribution in [3.05, 3.63) is 40.4 Å². The molecule has 1 aromatic carbocycles. The minimum Gasteiger partial charge on any atom is -0.508 e. The summed E-state index contributed by atoms with van der Waals surface area (Å²) in [6.07, 6.45) is 2.13. The molecule has 7 heteroatoms. The number of nitrogens with two attached hydrogens (primary N) is 1. The summed E-state index contributed by atoms with van der Waals surface area (Å²) in [7, 11) is 0. The zero-order valence-electron chi connectivity index (χ0n) is 10.8. The predicted molar refractivity (Wildman–Crippen MR) is 79.1 cm³/mol. The zero-order valence-corrected chi connectivity index (χ0v) is 11.6. The maximum Gasteiger partial charge on any atom is 0.283 e. The number of carbonyl (C=O) groups excluding carboxylic acids is 1. The number of hydrogen-bond donors (Lipinski definition) is 3. The largest absolute Gasteiger partial charge is 0.508 e. The van der Waals surface area contributed by atoms with E-state index in [0.29, 0.717) is 22.1 Å². The topological polar surface area (TPSA) is 101 Å². The first-order valence-corrected chi connectivity index (χ1v) is 6.79. The van der Waals surface area contributed by atoms with Crippen LogP contribution in [0.4, 0.5) is 5.13 Å². The second-order valence-corrected chi connectivity index (χ2v) is 5.00. The summed E-state index contributed by atoms with van der Waals surface area (Å²) in [6, 6.07) is 6.46. The molecule has 0 aliphatic carbocycles. The van der Waals surface area contributed by atoms with Gasteiger partial charge in [0.05, 0.1) is 11.9 Å². The fourth-order valence-electron chi connectivity index (χ4n) is 1.56. The Morgan fingerprint density at radius 1 is 1.50 bits per heavy atom. The van der Waals surface area contributed by atoms with Crippen molar-refractivity contribution in [2.24, 2.45) is 5.10 Å². The summed E-state index contributed by atoms with van der Waals surface area (Å²) in [5.41, 5.74) is 9.46.